The molecule has 3 heterocycles. The summed E-state index contributed by atoms with van der Waals surface area (Å²) in [6.07, 6.45) is 7.23. The largest absolute Gasteiger partial charge is 0.478 e. The molecule has 9 heteroatoms. The Bertz CT molecular complexity index is 1130. The molecule has 2 N–H and O–H groups in total. The Labute approximate surface area is 180 Å². The fourth-order valence-electron chi connectivity index (χ4n) is 3.82. The van der Waals surface area contributed by atoms with Crippen LogP contribution in [0.3, 0.4) is 0 Å². The third kappa shape index (κ3) is 4.54. The van der Waals surface area contributed by atoms with Crippen LogP contribution in [0.15, 0.2) is 42.9 Å². The van der Waals surface area contributed by atoms with Crippen molar-refractivity contribution in [1.82, 2.24) is 24.6 Å². The van der Waals surface area contributed by atoms with E-state index in [1.54, 1.807) is 36.7 Å². The number of carbonyl (C=O) groups is 1. The van der Waals surface area contributed by atoms with Crippen LogP contribution in [0.4, 0.5) is 11.6 Å². The van der Waals surface area contributed by atoms with E-state index in [0.29, 0.717) is 29.8 Å². The summed E-state index contributed by atoms with van der Waals surface area (Å²) in [6, 6.07) is 9.30. The SMILES string of the molecule is Cc1cnc(Nc2cnn(C3CCN(CC#N)CC3)c2)nc1-c1ccccc1C(=O)O. The van der Waals surface area contributed by atoms with Gasteiger partial charge < -0.3 is 10.4 Å². The van der Waals surface area contributed by atoms with Gasteiger partial charge in [-0.25, -0.2) is 14.8 Å². The van der Waals surface area contributed by atoms with E-state index in [9.17, 15) is 9.90 Å². The number of aromatic nitrogens is 4. The van der Waals surface area contributed by atoms with Crippen LogP contribution < -0.4 is 5.32 Å². The molecule has 0 saturated carbocycles. The lowest BCUT2D eigenvalue weighted by molar-refractivity contribution is 0.0697. The molecule has 2 aromatic heterocycles. The minimum atomic E-state index is -0.995. The van der Waals surface area contributed by atoms with Gasteiger partial charge in [0.15, 0.2) is 0 Å². The number of anilines is 2. The molecule has 0 radical (unpaired) electrons. The molecule has 0 aliphatic carbocycles. The van der Waals surface area contributed by atoms with Crippen molar-refractivity contribution in [3.8, 4) is 17.3 Å². The number of piperidine rings is 1. The molecule has 1 aliphatic heterocycles. The van der Waals surface area contributed by atoms with E-state index < -0.39 is 5.97 Å². The third-order valence-corrected chi connectivity index (χ3v) is 5.47. The van der Waals surface area contributed by atoms with E-state index in [4.69, 9.17) is 5.26 Å². The number of carboxylic acid groups (broad SMARTS) is 1. The molecule has 0 unspecified atom stereocenters. The number of likely N-dealkylation sites (tertiary alicyclic amines) is 1. The molecule has 0 bridgehead atoms. The van der Waals surface area contributed by atoms with E-state index in [1.807, 2.05) is 17.8 Å². The van der Waals surface area contributed by atoms with Crippen molar-refractivity contribution in [2.75, 3.05) is 25.0 Å². The van der Waals surface area contributed by atoms with E-state index in [1.165, 1.54) is 0 Å². The van der Waals surface area contributed by atoms with Crippen molar-refractivity contribution in [3.05, 3.63) is 54.0 Å². The number of aromatic carboxylic acids is 1. The first-order valence-corrected chi connectivity index (χ1v) is 10.1. The topological polar surface area (TPSA) is 120 Å². The van der Waals surface area contributed by atoms with Gasteiger partial charge in [0.25, 0.3) is 0 Å². The Morgan fingerprint density at radius 3 is 2.81 bits per heavy atom. The first-order valence-electron chi connectivity index (χ1n) is 10.1. The smallest absolute Gasteiger partial charge is 0.336 e. The number of aryl methyl sites for hydroxylation is 1. The lowest BCUT2D eigenvalue weighted by atomic mass is 10.0. The van der Waals surface area contributed by atoms with Crippen molar-refractivity contribution < 1.29 is 9.90 Å². The molecule has 0 atom stereocenters. The number of nitrogens with zero attached hydrogens (tertiary/aromatic N) is 6. The van der Waals surface area contributed by atoms with Crippen LogP contribution in [0.5, 0.6) is 0 Å². The third-order valence-electron chi connectivity index (χ3n) is 5.47. The fourth-order valence-corrected chi connectivity index (χ4v) is 3.82. The van der Waals surface area contributed by atoms with Crippen molar-refractivity contribution in [1.29, 1.82) is 5.26 Å². The molecule has 4 rings (SSSR count). The zero-order chi connectivity index (χ0) is 21.8. The van der Waals surface area contributed by atoms with Gasteiger partial charge in [-0.1, -0.05) is 18.2 Å². The summed E-state index contributed by atoms with van der Waals surface area (Å²) in [4.78, 5) is 22.7. The van der Waals surface area contributed by atoms with E-state index in [2.05, 4.69) is 31.4 Å². The molecule has 9 nitrogen and oxygen atoms in total. The van der Waals surface area contributed by atoms with E-state index in [-0.39, 0.29) is 5.56 Å². The van der Waals surface area contributed by atoms with E-state index in [0.717, 1.165) is 37.2 Å². The highest BCUT2D eigenvalue weighted by Gasteiger charge is 2.21. The van der Waals surface area contributed by atoms with Gasteiger partial charge in [0.05, 0.1) is 41.8 Å². The minimum Gasteiger partial charge on any atom is -0.478 e. The van der Waals surface area contributed by atoms with Crippen molar-refractivity contribution >= 4 is 17.6 Å². The van der Waals surface area contributed by atoms with Crippen LogP contribution in [-0.2, 0) is 0 Å². The second-order valence-corrected chi connectivity index (χ2v) is 7.58. The predicted molar refractivity (Wildman–Crippen MR) is 115 cm³/mol. The molecular weight excluding hydrogens is 394 g/mol. The van der Waals surface area contributed by atoms with Crippen molar-refractivity contribution in [2.45, 2.75) is 25.8 Å². The summed E-state index contributed by atoms with van der Waals surface area (Å²) in [5, 5.41) is 26.0. The maximum Gasteiger partial charge on any atom is 0.336 e. The van der Waals surface area contributed by atoms with Crippen LogP contribution in [-0.4, -0.2) is 55.4 Å². The summed E-state index contributed by atoms with van der Waals surface area (Å²) < 4.78 is 1.95. The number of nitriles is 1. The van der Waals surface area contributed by atoms with Crippen LogP contribution in [0, 0.1) is 18.3 Å². The molecule has 158 valence electrons. The van der Waals surface area contributed by atoms with Gasteiger partial charge in [-0.3, -0.25) is 9.58 Å². The molecular formula is C22H23N7O2. The van der Waals surface area contributed by atoms with Gasteiger partial charge in [0.1, 0.15) is 0 Å². The minimum absolute atomic E-state index is 0.200. The fraction of sp³-hybridized carbons (Fsp3) is 0.318. The highest BCUT2D eigenvalue weighted by Crippen LogP contribution is 2.27. The summed E-state index contributed by atoms with van der Waals surface area (Å²) in [7, 11) is 0. The Morgan fingerprint density at radius 2 is 2.06 bits per heavy atom. The summed E-state index contributed by atoms with van der Waals surface area (Å²) >= 11 is 0. The van der Waals surface area contributed by atoms with Crippen LogP contribution >= 0.6 is 0 Å². The molecule has 3 aromatic rings. The van der Waals surface area contributed by atoms with Crippen molar-refractivity contribution in [2.24, 2.45) is 0 Å². The normalized spacial score (nSPS) is 14.8. The van der Waals surface area contributed by atoms with Gasteiger partial charge in [-0.2, -0.15) is 10.4 Å². The lowest BCUT2D eigenvalue weighted by Gasteiger charge is -2.30. The molecule has 0 spiro atoms. The molecule has 1 aromatic carbocycles. The zero-order valence-electron chi connectivity index (χ0n) is 17.2. The van der Waals surface area contributed by atoms with Gasteiger partial charge in [0, 0.05) is 31.0 Å². The molecule has 1 saturated heterocycles. The summed E-state index contributed by atoms with van der Waals surface area (Å²) in [5.41, 5.74) is 2.89. The monoisotopic (exact) mass is 417 g/mol. The Morgan fingerprint density at radius 1 is 1.29 bits per heavy atom. The van der Waals surface area contributed by atoms with Crippen molar-refractivity contribution in [3.63, 3.8) is 0 Å². The number of rotatable bonds is 6. The molecule has 0 amide bonds. The highest BCUT2D eigenvalue weighted by molar-refractivity contribution is 5.95. The second kappa shape index (κ2) is 8.93. The van der Waals surface area contributed by atoms with Crippen LogP contribution in [0.25, 0.3) is 11.3 Å². The van der Waals surface area contributed by atoms with Crippen LogP contribution in [0.1, 0.15) is 34.8 Å². The molecule has 1 fully saturated rings. The Hall–Kier alpha value is -3.77. The summed E-state index contributed by atoms with van der Waals surface area (Å²) in [5.74, 6) is -0.616. The van der Waals surface area contributed by atoms with Gasteiger partial charge in [-0.05, 0) is 31.4 Å². The highest BCUT2D eigenvalue weighted by atomic mass is 16.4. The lowest BCUT2D eigenvalue weighted by Crippen LogP contribution is -2.34. The maximum atomic E-state index is 11.6. The maximum absolute atomic E-state index is 11.6. The van der Waals surface area contributed by atoms with Gasteiger partial charge in [0.2, 0.25) is 5.95 Å². The van der Waals surface area contributed by atoms with Gasteiger partial charge >= 0.3 is 5.97 Å². The Balaban J connectivity index is 1.51. The number of benzene rings is 1. The average molecular weight is 417 g/mol. The standard InChI is InChI=1S/C22H23N7O2/c1-15-12-24-22(27-20(15)18-4-2-3-5-19(18)21(30)31)26-16-13-25-29(14-16)17-6-9-28(10-7-17)11-8-23/h2-5,12-14,17H,6-7,9-11H2,1H3,(H,30,31)(H,24,26,27). The zero-order valence-corrected chi connectivity index (χ0v) is 17.2. The predicted octanol–water partition coefficient (Wildman–Crippen LogP) is 3.25. The first kappa shape index (κ1) is 20.5. The number of hydrogen-bond donors (Lipinski definition) is 2. The van der Waals surface area contributed by atoms with E-state index >= 15 is 0 Å². The summed E-state index contributed by atoms with van der Waals surface area (Å²) in [6.45, 7) is 4.09. The quantitative estimate of drug-likeness (QED) is 0.587. The average Bonchev–Trinajstić information content (AvgIpc) is 3.24. The van der Waals surface area contributed by atoms with Crippen LogP contribution in [0.2, 0.25) is 0 Å². The number of carboxylic acids is 1. The molecule has 31 heavy (non-hydrogen) atoms. The molecule has 1 aliphatic rings. The number of nitrogens with one attached hydrogen (secondary N) is 1. The van der Waals surface area contributed by atoms with Gasteiger partial charge in [-0.15, -0.1) is 0 Å². The second-order valence-electron chi connectivity index (χ2n) is 7.58. The number of hydrogen-bond acceptors (Lipinski definition) is 7. The first-order chi connectivity index (χ1) is 15.0. The Kier molecular flexibility index (Phi) is 5.91.